The van der Waals surface area contributed by atoms with E-state index in [1.165, 1.54) is 66.3 Å². The monoisotopic (exact) mass is 968 g/mol. The Bertz CT molecular complexity index is 4330. The number of fused-ring (bicyclic) bond motifs is 12. The molecule has 0 N–H and O–H groups in total. The Morgan fingerprint density at radius 1 is 0.303 bits per heavy atom. The Kier molecular flexibility index (Phi) is 10.1. The first-order valence-electron chi connectivity index (χ1n) is 26.2. The summed E-state index contributed by atoms with van der Waals surface area (Å²) in [4.78, 5) is 2.52. The molecule has 356 valence electrons. The highest BCUT2D eigenvalue weighted by Crippen LogP contribution is 2.64. The molecule has 2 heterocycles. The Labute approximate surface area is 442 Å². The minimum atomic E-state index is -0.628. The van der Waals surface area contributed by atoms with Crippen molar-refractivity contribution >= 4 is 38.9 Å². The number of aromatic nitrogens is 1. The van der Waals surface area contributed by atoms with E-state index < -0.39 is 5.41 Å². The van der Waals surface area contributed by atoms with Gasteiger partial charge in [0.15, 0.2) is 0 Å². The maximum absolute atomic E-state index is 6.76. The molecule has 2 aliphatic rings. The molecule has 0 radical (unpaired) electrons. The first kappa shape index (κ1) is 43.6. The first-order valence-corrected chi connectivity index (χ1v) is 26.2. The van der Waals surface area contributed by atoms with Crippen LogP contribution in [0.1, 0.15) is 22.3 Å². The van der Waals surface area contributed by atoms with Gasteiger partial charge in [-0.1, -0.05) is 231 Å². The van der Waals surface area contributed by atoms with Gasteiger partial charge in [-0.2, -0.15) is 0 Å². The third-order valence-electron chi connectivity index (χ3n) is 15.9. The number of nitrogens with zero attached hydrogens (tertiary/aromatic N) is 2. The van der Waals surface area contributed by atoms with E-state index in [0.717, 1.165) is 67.6 Å². The van der Waals surface area contributed by atoms with E-state index in [0.29, 0.717) is 0 Å². The van der Waals surface area contributed by atoms with Gasteiger partial charge in [-0.3, -0.25) is 0 Å². The van der Waals surface area contributed by atoms with Gasteiger partial charge in [0.2, 0.25) is 0 Å². The molecule has 0 fully saturated rings. The van der Waals surface area contributed by atoms with Crippen LogP contribution in [0, 0.1) is 0 Å². The lowest BCUT2D eigenvalue weighted by Crippen LogP contribution is -2.32. The molecule has 3 heteroatoms. The van der Waals surface area contributed by atoms with Gasteiger partial charge in [0, 0.05) is 44.4 Å². The molecule has 1 spiro atoms. The predicted molar refractivity (Wildman–Crippen MR) is 315 cm³/mol. The van der Waals surface area contributed by atoms with E-state index in [4.69, 9.17) is 4.74 Å². The summed E-state index contributed by atoms with van der Waals surface area (Å²) in [6.45, 7) is 0. The van der Waals surface area contributed by atoms with Gasteiger partial charge < -0.3 is 14.2 Å². The number of hydrogen-bond donors (Lipinski definition) is 0. The van der Waals surface area contributed by atoms with Crippen molar-refractivity contribution in [3.63, 3.8) is 0 Å². The zero-order valence-electron chi connectivity index (χ0n) is 41.5. The van der Waals surface area contributed by atoms with Crippen LogP contribution in [0.5, 0.6) is 11.5 Å². The highest BCUT2D eigenvalue weighted by molar-refractivity contribution is 6.10. The average molecular weight is 969 g/mol. The number of benzene rings is 12. The van der Waals surface area contributed by atoms with Crippen LogP contribution in [0.4, 0.5) is 17.1 Å². The van der Waals surface area contributed by atoms with E-state index in [9.17, 15) is 0 Å². The van der Waals surface area contributed by atoms with Gasteiger partial charge in [-0.15, -0.1) is 0 Å². The fourth-order valence-electron chi connectivity index (χ4n) is 12.7. The van der Waals surface area contributed by atoms with Gasteiger partial charge in [-0.05, 0) is 116 Å². The smallest absolute Gasteiger partial charge is 0.132 e. The maximum atomic E-state index is 6.76. The summed E-state index contributed by atoms with van der Waals surface area (Å²) in [5, 5.41) is 2.48. The average Bonchev–Trinajstić information content (AvgIpc) is 4.21. The standard InChI is InChI=1S/C73H48N2O/c1-3-22-50(23-4-1)54-26-7-8-27-55(54)56-28-9-10-29-57(56)58-30-12-17-37-66(58)74(53-45-42-49(43-46-53)51-44-47-60-59-31-13-18-38-67(59)75(69(60)48-51)52-24-5-2-6-25-52)68-39-21-36-65-72(68)61-32-11-14-33-62(61)73(65)63-34-15-19-40-70(63)76-71-41-20-16-35-64(71)73/h1-48H. The maximum Gasteiger partial charge on any atom is 0.132 e. The molecular formula is C73H48N2O. The number of para-hydroxylation sites is 5. The Balaban J connectivity index is 0.962. The van der Waals surface area contributed by atoms with Crippen LogP contribution in [0.25, 0.3) is 83.1 Å². The predicted octanol–water partition coefficient (Wildman–Crippen LogP) is 19.4. The van der Waals surface area contributed by atoms with Crippen molar-refractivity contribution < 1.29 is 4.74 Å². The molecule has 0 amide bonds. The molecule has 15 rings (SSSR count). The second kappa shape index (κ2) is 17.6. The number of hydrogen-bond acceptors (Lipinski definition) is 2. The zero-order chi connectivity index (χ0) is 50.2. The second-order valence-electron chi connectivity index (χ2n) is 19.9. The van der Waals surface area contributed by atoms with E-state index >= 15 is 0 Å². The zero-order valence-corrected chi connectivity index (χ0v) is 41.5. The Morgan fingerprint density at radius 2 is 0.803 bits per heavy atom. The van der Waals surface area contributed by atoms with Crippen LogP contribution in [0.3, 0.4) is 0 Å². The molecule has 12 aromatic carbocycles. The highest BCUT2D eigenvalue weighted by atomic mass is 16.5. The summed E-state index contributed by atoms with van der Waals surface area (Å²) >= 11 is 0. The molecule has 0 bridgehead atoms. The fourth-order valence-corrected chi connectivity index (χ4v) is 12.7. The summed E-state index contributed by atoms with van der Waals surface area (Å²) in [7, 11) is 0. The summed E-state index contributed by atoms with van der Waals surface area (Å²) in [5.41, 5.74) is 22.6. The van der Waals surface area contributed by atoms with Crippen molar-refractivity contribution in [2.75, 3.05) is 4.90 Å². The topological polar surface area (TPSA) is 17.4 Å². The summed E-state index contributed by atoms with van der Waals surface area (Å²) in [5.74, 6) is 1.75. The van der Waals surface area contributed by atoms with Gasteiger partial charge in [-0.25, -0.2) is 0 Å². The lowest BCUT2D eigenvalue weighted by Gasteiger charge is -2.39. The highest BCUT2D eigenvalue weighted by Gasteiger charge is 2.52. The third-order valence-corrected chi connectivity index (χ3v) is 15.9. The van der Waals surface area contributed by atoms with E-state index in [2.05, 4.69) is 301 Å². The molecule has 0 saturated heterocycles. The van der Waals surface area contributed by atoms with E-state index in [1.54, 1.807) is 0 Å². The molecular weight excluding hydrogens is 921 g/mol. The molecule has 0 unspecified atom stereocenters. The lowest BCUT2D eigenvalue weighted by atomic mass is 9.66. The Hall–Kier alpha value is -9.96. The van der Waals surface area contributed by atoms with Crippen LogP contribution in [0.2, 0.25) is 0 Å². The minimum absolute atomic E-state index is 0.628. The minimum Gasteiger partial charge on any atom is -0.457 e. The van der Waals surface area contributed by atoms with E-state index in [1.807, 2.05) is 0 Å². The largest absolute Gasteiger partial charge is 0.457 e. The van der Waals surface area contributed by atoms with Crippen molar-refractivity contribution in [1.82, 2.24) is 4.57 Å². The van der Waals surface area contributed by atoms with Crippen LogP contribution in [-0.2, 0) is 5.41 Å². The fraction of sp³-hybridized carbons (Fsp3) is 0.0137. The third kappa shape index (κ3) is 6.62. The van der Waals surface area contributed by atoms with E-state index in [-0.39, 0.29) is 0 Å². The van der Waals surface area contributed by atoms with Crippen molar-refractivity contribution in [1.29, 1.82) is 0 Å². The summed E-state index contributed by atoms with van der Waals surface area (Å²) in [6.07, 6.45) is 0. The molecule has 1 aromatic heterocycles. The molecule has 3 nitrogen and oxygen atoms in total. The van der Waals surface area contributed by atoms with Crippen molar-refractivity contribution in [3.8, 4) is 72.8 Å². The first-order chi connectivity index (χ1) is 37.7. The van der Waals surface area contributed by atoms with Gasteiger partial charge >= 0.3 is 0 Å². The quantitative estimate of drug-likeness (QED) is 0.151. The molecule has 0 saturated carbocycles. The van der Waals surface area contributed by atoms with Crippen LogP contribution in [0.15, 0.2) is 291 Å². The molecule has 76 heavy (non-hydrogen) atoms. The molecule has 0 atom stereocenters. The normalized spacial score (nSPS) is 12.7. The van der Waals surface area contributed by atoms with Gasteiger partial charge in [0.05, 0.1) is 27.8 Å². The van der Waals surface area contributed by atoms with Gasteiger partial charge in [0.1, 0.15) is 11.5 Å². The molecule has 1 aliphatic heterocycles. The van der Waals surface area contributed by atoms with Crippen molar-refractivity contribution in [3.05, 3.63) is 313 Å². The number of rotatable bonds is 8. The summed E-state index contributed by atoms with van der Waals surface area (Å²) < 4.78 is 9.16. The lowest BCUT2D eigenvalue weighted by molar-refractivity contribution is 0.436. The van der Waals surface area contributed by atoms with Gasteiger partial charge in [0.25, 0.3) is 0 Å². The molecule has 13 aromatic rings. The molecule has 1 aliphatic carbocycles. The summed E-state index contributed by atoms with van der Waals surface area (Å²) in [6, 6.07) is 106. The van der Waals surface area contributed by atoms with Crippen LogP contribution in [-0.4, -0.2) is 4.57 Å². The number of anilines is 3. The van der Waals surface area contributed by atoms with Crippen LogP contribution < -0.4 is 9.64 Å². The number of ether oxygens (including phenoxy) is 1. The SMILES string of the molecule is c1ccc(-c2ccccc2-c2ccccc2-c2ccccc2N(c2ccc(-c3ccc4c5ccccc5n(-c5ccccc5)c4c3)cc2)c2cccc3c2-c2ccccc2C32c3ccccc3Oc3ccccc32)cc1. The van der Waals surface area contributed by atoms with Crippen molar-refractivity contribution in [2.45, 2.75) is 5.41 Å². The van der Waals surface area contributed by atoms with Crippen LogP contribution >= 0.6 is 0 Å². The van der Waals surface area contributed by atoms with Crippen molar-refractivity contribution in [2.24, 2.45) is 0 Å². The second-order valence-corrected chi connectivity index (χ2v) is 19.9. The Morgan fingerprint density at radius 3 is 1.53 bits per heavy atom.